The largest absolute Gasteiger partial charge is 0.444 e. The number of ether oxygens (including phenoxy) is 2. The molecule has 1 amide bonds. The molecule has 0 aromatic carbocycles. The van der Waals surface area contributed by atoms with Gasteiger partial charge < -0.3 is 14.4 Å². The molecule has 0 spiro atoms. The average molecular weight is 239 g/mol. The van der Waals surface area contributed by atoms with Crippen molar-refractivity contribution in [2.75, 3.05) is 13.1 Å². The Bertz CT molecular complexity index is 318. The lowest BCUT2D eigenvalue weighted by Crippen LogP contribution is -2.36. The van der Waals surface area contributed by atoms with Gasteiger partial charge in [-0.05, 0) is 33.6 Å². The van der Waals surface area contributed by atoms with E-state index in [2.05, 4.69) is 0 Å². The van der Waals surface area contributed by atoms with E-state index in [4.69, 9.17) is 9.47 Å². The van der Waals surface area contributed by atoms with Crippen molar-refractivity contribution in [1.29, 1.82) is 0 Å². The van der Waals surface area contributed by atoms with Crippen LogP contribution in [-0.4, -0.2) is 41.9 Å². The molecule has 2 bridgehead atoms. The van der Waals surface area contributed by atoms with Crippen LogP contribution < -0.4 is 0 Å². The third-order valence-corrected chi connectivity index (χ3v) is 4.10. The average Bonchev–Trinajstić information content (AvgIpc) is 2.87. The minimum atomic E-state index is -0.399. The molecular weight excluding hydrogens is 218 g/mol. The molecule has 3 heterocycles. The van der Waals surface area contributed by atoms with Crippen molar-refractivity contribution in [2.24, 2.45) is 11.8 Å². The van der Waals surface area contributed by atoms with Crippen LogP contribution in [-0.2, 0) is 9.47 Å². The van der Waals surface area contributed by atoms with E-state index in [0.29, 0.717) is 24.0 Å². The molecular formula is C13H21NO3. The lowest BCUT2D eigenvalue weighted by Gasteiger charge is -2.25. The van der Waals surface area contributed by atoms with Gasteiger partial charge in [-0.25, -0.2) is 4.79 Å². The second-order valence-corrected chi connectivity index (χ2v) is 6.50. The number of carbonyl (C=O) groups is 1. The fourth-order valence-electron chi connectivity index (χ4n) is 3.44. The summed E-state index contributed by atoms with van der Waals surface area (Å²) in [5, 5.41) is 0. The number of fused-ring (bicyclic) bond motifs is 5. The Morgan fingerprint density at radius 2 is 1.71 bits per heavy atom. The molecule has 4 heteroatoms. The first-order valence-corrected chi connectivity index (χ1v) is 6.57. The number of nitrogens with zero attached hydrogens (tertiary/aromatic N) is 1. The summed E-state index contributed by atoms with van der Waals surface area (Å²) in [5.41, 5.74) is -0.399. The van der Waals surface area contributed by atoms with Crippen LogP contribution in [0, 0.1) is 11.8 Å². The van der Waals surface area contributed by atoms with Gasteiger partial charge in [-0.2, -0.15) is 0 Å². The monoisotopic (exact) mass is 239 g/mol. The number of rotatable bonds is 0. The normalized spacial score (nSPS) is 39.6. The fraction of sp³-hybridized carbons (Fsp3) is 0.923. The van der Waals surface area contributed by atoms with Crippen molar-refractivity contribution in [3.05, 3.63) is 0 Å². The van der Waals surface area contributed by atoms with E-state index in [1.54, 1.807) is 0 Å². The highest BCUT2D eigenvalue weighted by atomic mass is 16.6. The summed E-state index contributed by atoms with van der Waals surface area (Å²) in [4.78, 5) is 13.9. The molecule has 3 fully saturated rings. The summed E-state index contributed by atoms with van der Waals surface area (Å²) in [6.07, 6.45) is 2.99. The van der Waals surface area contributed by atoms with Crippen LogP contribution in [0.1, 0.15) is 33.6 Å². The minimum Gasteiger partial charge on any atom is -0.444 e. The number of hydrogen-bond acceptors (Lipinski definition) is 3. The molecule has 17 heavy (non-hydrogen) atoms. The Morgan fingerprint density at radius 1 is 1.18 bits per heavy atom. The first kappa shape index (κ1) is 11.3. The number of hydrogen-bond donors (Lipinski definition) is 0. The lowest BCUT2D eigenvalue weighted by atomic mass is 9.82. The lowest BCUT2D eigenvalue weighted by molar-refractivity contribution is 0.0206. The molecule has 3 saturated heterocycles. The zero-order valence-electron chi connectivity index (χ0n) is 10.8. The molecule has 0 radical (unpaired) electrons. The summed E-state index contributed by atoms with van der Waals surface area (Å²) in [6.45, 7) is 7.37. The first-order valence-electron chi connectivity index (χ1n) is 6.57. The summed E-state index contributed by atoms with van der Waals surface area (Å²) >= 11 is 0. The van der Waals surface area contributed by atoms with E-state index in [-0.39, 0.29) is 6.09 Å². The van der Waals surface area contributed by atoms with E-state index < -0.39 is 5.60 Å². The van der Waals surface area contributed by atoms with Crippen molar-refractivity contribution in [3.8, 4) is 0 Å². The maximum absolute atomic E-state index is 12.0. The van der Waals surface area contributed by atoms with Crippen molar-refractivity contribution in [3.63, 3.8) is 0 Å². The summed E-state index contributed by atoms with van der Waals surface area (Å²) in [6, 6.07) is 0. The van der Waals surface area contributed by atoms with Gasteiger partial charge >= 0.3 is 6.09 Å². The smallest absolute Gasteiger partial charge is 0.410 e. The predicted molar refractivity (Wildman–Crippen MR) is 62.7 cm³/mol. The zero-order chi connectivity index (χ0) is 12.2. The predicted octanol–water partition coefficient (Wildman–Crippen LogP) is 2.03. The quantitative estimate of drug-likeness (QED) is 0.649. The minimum absolute atomic E-state index is 0.161. The molecule has 4 atom stereocenters. The summed E-state index contributed by atoms with van der Waals surface area (Å²) in [5.74, 6) is 1.11. The van der Waals surface area contributed by atoms with Gasteiger partial charge in [0.1, 0.15) is 5.60 Å². The van der Waals surface area contributed by atoms with Crippen molar-refractivity contribution >= 4 is 6.09 Å². The molecule has 0 aromatic rings. The van der Waals surface area contributed by atoms with Gasteiger partial charge in [0.25, 0.3) is 0 Å². The second kappa shape index (κ2) is 3.61. The Balaban J connectivity index is 1.63. The first-order chi connectivity index (χ1) is 7.94. The van der Waals surface area contributed by atoms with Crippen LogP contribution >= 0.6 is 0 Å². The van der Waals surface area contributed by atoms with Crippen molar-refractivity contribution < 1.29 is 14.3 Å². The number of amides is 1. The molecule has 0 unspecified atom stereocenters. The highest BCUT2D eigenvalue weighted by molar-refractivity contribution is 5.68. The zero-order valence-corrected chi connectivity index (χ0v) is 10.8. The third-order valence-electron chi connectivity index (χ3n) is 4.10. The van der Waals surface area contributed by atoms with Gasteiger partial charge in [-0.1, -0.05) is 0 Å². The highest BCUT2D eigenvalue weighted by Crippen LogP contribution is 2.47. The van der Waals surface area contributed by atoms with Crippen LogP contribution in [0.15, 0.2) is 0 Å². The Labute approximate surface area is 102 Å². The van der Waals surface area contributed by atoms with Crippen LogP contribution in [0.5, 0.6) is 0 Å². The maximum Gasteiger partial charge on any atom is 0.410 e. The molecule has 0 aromatic heterocycles. The molecule has 3 rings (SSSR count). The fourth-order valence-corrected chi connectivity index (χ4v) is 3.44. The van der Waals surface area contributed by atoms with Crippen molar-refractivity contribution in [1.82, 2.24) is 4.90 Å². The van der Waals surface area contributed by atoms with E-state index in [1.807, 2.05) is 25.7 Å². The van der Waals surface area contributed by atoms with Crippen LogP contribution in [0.25, 0.3) is 0 Å². The molecule has 0 N–H and O–H groups in total. The second-order valence-electron chi connectivity index (χ2n) is 6.50. The Hall–Kier alpha value is -0.770. The Morgan fingerprint density at radius 3 is 2.18 bits per heavy atom. The molecule has 3 aliphatic heterocycles. The summed E-state index contributed by atoms with van der Waals surface area (Å²) in [7, 11) is 0. The molecule has 0 saturated carbocycles. The molecule has 96 valence electrons. The standard InChI is InChI=1S/C13H21NO3/c1-13(2,3)17-12(15)14-6-8-9(7-14)11-5-4-10(8)16-11/h8-11H,4-7H2,1-3H3/t8-,9-,10-,11+/m1/s1. The highest BCUT2D eigenvalue weighted by Gasteiger charge is 2.54. The Kier molecular flexibility index (Phi) is 2.41. The van der Waals surface area contributed by atoms with Gasteiger partial charge in [0.05, 0.1) is 12.2 Å². The molecule has 3 aliphatic rings. The van der Waals surface area contributed by atoms with Crippen molar-refractivity contribution in [2.45, 2.75) is 51.4 Å². The molecule has 0 aliphatic carbocycles. The molecule has 4 nitrogen and oxygen atoms in total. The summed E-state index contributed by atoms with van der Waals surface area (Å²) < 4.78 is 11.3. The van der Waals surface area contributed by atoms with E-state index >= 15 is 0 Å². The van der Waals surface area contributed by atoms with Crippen LogP contribution in [0.4, 0.5) is 4.79 Å². The van der Waals surface area contributed by atoms with E-state index in [1.165, 1.54) is 12.8 Å². The van der Waals surface area contributed by atoms with Crippen LogP contribution in [0.3, 0.4) is 0 Å². The maximum atomic E-state index is 12.0. The van der Waals surface area contributed by atoms with E-state index in [9.17, 15) is 4.79 Å². The topological polar surface area (TPSA) is 38.8 Å². The number of likely N-dealkylation sites (tertiary alicyclic amines) is 1. The SMILES string of the molecule is CC(C)(C)OC(=O)N1C[C@@H]2[C@@H](C1)[C@H]1CC[C@@H]2O1. The van der Waals surface area contributed by atoms with Gasteiger partial charge in [-0.3, -0.25) is 0 Å². The van der Waals surface area contributed by atoms with E-state index in [0.717, 1.165) is 13.1 Å². The van der Waals surface area contributed by atoms with Gasteiger partial charge in [0.2, 0.25) is 0 Å². The third kappa shape index (κ3) is 1.92. The van der Waals surface area contributed by atoms with Crippen LogP contribution in [0.2, 0.25) is 0 Å². The van der Waals surface area contributed by atoms with Gasteiger partial charge in [-0.15, -0.1) is 0 Å². The van der Waals surface area contributed by atoms with Gasteiger partial charge in [0, 0.05) is 24.9 Å². The number of carbonyl (C=O) groups excluding carboxylic acids is 1. The van der Waals surface area contributed by atoms with Gasteiger partial charge in [0.15, 0.2) is 0 Å².